The van der Waals surface area contributed by atoms with Gasteiger partial charge in [-0.3, -0.25) is 19.6 Å². The number of carbonyl (C=O) groups excluding carboxylic acids is 1. The lowest BCUT2D eigenvalue weighted by atomic mass is 10.0. The summed E-state index contributed by atoms with van der Waals surface area (Å²) in [5.74, 6) is -0.746. The third kappa shape index (κ3) is 5.76. The molecule has 0 aromatic carbocycles. The average molecular weight is 509 g/mol. The van der Waals surface area contributed by atoms with Crippen LogP contribution in [-0.2, 0) is 22.6 Å². The fourth-order valence-corrected chi connectivity index (χ4v) is 4.06. The summed E-state index contributed by atoms with van der Waals surface area (Å²) in [7, 11) is -3.43. The molecule has 3 aromatic heterocycles. The van der Waals surface area contributed by atoms with Crippen molar-refractivity contribution in [2.75, 3.05) is 6.26 Å². The molecule has 3 aromatic rings. The van der Waals surface area contributed by atoms with Crippen molar-refractivity contribution >= 4 is 15.7 Å². The van der Waals surface area contributed by atoms with Crippen molar-refractivity contribution in [1.29, 1.82) is 0 Å². The highest BCUT2D eigenvalue weighted by atomic mass is 32.2. The molecule has 0 bridgehead atoms. The molecule has 0 spiro atoms. The number of rotatable bonds is 6. The second kappa shape index (κ2) is 9.61. The maximum atomic E-state index is 13.3. The molecule has 0 aliphatic heterocycles. The Hall–Kier alpha value is -3.54. The Bertz CT molecular complexity index is 1430. The molecule has 0 saturated heterocycles. The summed E-state index contributed by atoms with van der Waals surface area (Å²) in [6.45, 7) is 5.12. The first-order chi connectivity index (χ1) is 16.2. The number of amides is 1. The van der Waals surface area contributed by atoms with Gasteiger partial charge in [0.2, 0.25) is 5.43 Å². The summed E-state index contributed by atoms with van der Waals surface area (Å²) in [6, 6.07) is 4.65. The molecule has 1 amide bonds. The first-order valence-electron chi connectivity index (χ1n) is 10.4. The Morgan fingerprint density at radius 3 is 2.40 bits per heavy atom. The minimum absolute atomic E-state index is 0.00287. The summed E-state index contributed by atoms with van der Waals surface area (Å²) in [5.41, 5.74) is -1.41. The fourth-order valence-electron chi connectivity index (χ4n) is 3.50. The SMILES string of the molecule is Cc1c(-c2ccnc(C(F)(F)F)c2)c(=O)c(C(=O)NCc2ccc(S(C)(=O)=O)cn2)cn1C(C)C. The van der Waals surface area contributed by atoms with Gasteiger partial charge in [0.1, 0.15) is 11.3 Å². The lowest BCUT2D eigenvalue weighted by molar-refractivity contribution is -0.141. The highest BCUT2D eigenvalue weighted by Crippen LogP contribution is 2.31. The first kappa shape index (κ1) is 26.1. The summed E-state index contributed by atoms with van der Waals surface area (Å²) >= 11 is 0. The number of halogens is 3. The van der Waals surface area contributed by atoms with Crippen LogP contribution in [-0.4, -0.2) is 35.1 Å². The molecule has 0 fully saturated rings. The van der Waals surface area contributed by atoms with Gasteiger partial charge in [0.15, 0.2) is 9.84 Å². The summed E-state index contributed by atoms with van der Waals surface area (Å²) in [5, 5.41) is 2.56. The Labute approximate surface area is 199 Å². The van der Waals surface area contributed by atoms with E-state index in [-0.39, 0.29) is 34.2 Å². The van der Waals surface area contributed by atoms with E-state index in [1.54, 1.807) is 11.5 Å². The number of nitrogens with zero attached hydrogens (tertiary/aromatic N) is 3. The number of aromatic nitrogens is 3. The normalized spacial score (nSPS) is 12.1. The number of carbonyl (C=O) groups is 1. The first-order valence-corrected chi connectivity index (χ1v) is 12.3. The van der Waals surface area contributed by atoms with Gasteiger partial charge >= 0.3 is 6.18 Å². The molecule has 0 aliphatic carbocycles. The van der Waals surface area contributed by atoms with Crippen LogP contribution in [0.25, 0.3) is 11.1 Å². The van der Waals surface area contributed by atoms with E-state index in [4.69, 9.17) is 0 Å². The maximum absolute atomic E-state index is 13.3. The minimum atomic E-state index is -4.70. The van der Waals surface area contributed by atoms with Gasteiger partial charge in [-0.1, -0.05) is 0 Å². The minimum Gasteiger partial charge on any atom is -0.348 e. The van der Waals surface area contributed by atoms with E-state index in [0.717, 1.165) is 24.7 Å². The second-order valence-corrected chi connectivity index (χ2v) is 10.2. The standard InChI is InChI=1S/C23H23F3N4O4S/c1-13(2)30-12-18(22(32)29-10-16-5-6-17(11-28-16)35(4,33)34)21(31)20(14(30)3)15-7-8-27-19(9-15)23(24,25)26/h5-9,11-13H,10H2,1-4H3,(H,29,32). The highest BCUT2D eigenvalue weighted by molar-refractivity contribution is 7.90. The number of sulfone groups is 1. The summed E-state index contributed by atoms with van der Waals surface area (Å²) in [4.78, 5) is 33.6. The quantitative estimate of drug-likeness (QED) is 0.545. The van der Waals surface area contributed by atoms with Crippen molar-refractivity contribution in [3.63, 3.8) is 0 Å². The number of alkyl halides is 3. The Morgan fingerprint density at radius 1 is 1.17 bits per heavy atom. The Kier molecular flexibility index (Phi) is 7.16. The van der Waals surface area contributed by atoms with E-state index in [9.17, 15) is 31.2 Å². The molecule has 186 valence electrons. The van der Waals surface area contributed by atoms with Crippen molar-refractivity contribution in [2.24, 2.45) is 0 Å². The summed E-state index contributed by atoms with van der Waals surface area (Å²) < 4.78 is 64.4. The van der Waals surface area contributed by atoms with E-state index in [1.165, 1.54) is 24.4 Å². The zero-order valence-corrected chi connectivity index (χ0v) is 20.2. The van der Waals surface area contributed by atoms with Gasteiger partial charge in [0.25, 0.3) is 5.91 Å². The van der Waals surface area contributed by atoms with Crippen LogP contribution in [0, 0.1) is 6.92 Å². The molecule has 1 N–H and O–H groups in total. The molecule has 0 radical (unpaired) electrons. The number of hydrogen-bond acceptors (Lipinski definition) is 6. The van der Waals surface area contributed by atoms with Gasteiger partial charge in [-0.05, 0) is 50.6 Å². The van der Waals surface area contributed by atoms with Crippen LogP contribution in [0.2, 0.25) is 0 Å². The molecule has 0 unspecified atom stereocenters. The number of pyridine rings is 3. The zero-order chi connectivity index (χ0) is 26.1. The molecule has 3 rings (SSSR count). The van der Waals surface area contributed by atoms with Gasteiger partial charge in [-0.15, -0.1) is 0 Å². The van der Waals surface area contributed by atoms with Crippen molar-refractivity contribution in [3.05, 3.63) is 75.7 Å². The topological polar surface area (TPSA) is 111 Å². The molecule has 8 nitrogen and oxygen atoms in total. The molecular formula is C23H23F3N4O4S. The summed E-state index contributed by atoms with van der Waals surface area (Å²) in [6.07, 6.45) is -0.160. The molecule has 35 heavy (non-hydrogen) atoms. The van der Waals surface area contributed by atoms with Crippen LogP contribution in [0.5, 0.6) is 0 Å². The molecule has 0 aliphatic rings. The third-order valence-electron chi connectivity index (χ3n) is 5.28. The molecule has 12 heteroatoms. The van der Waals surface area contributed by atoms with E-state index in [0.29, 0.717) is 11.4 Å². The van der Waals surface area contributed by atoms with Gasteiger partial charge < -0.3 is 9.88 Å². The predicted octanol–water partition coefficient (Wildman–Crippen LogP) is 3.55. The van der Waals surface area contributed by atoms with Crippen LogP contribution in [0.15, 0.2) is 52.5 Å². The zero-order valence-electron chi connectivity index (χ0n) is 19.3. The molecule has 3 heterocycles. The van der Waals surface area contributed by atoms with Gasteiger partial charge in [0.05, 0.1) is 17.1 Å². The van der Waals surface area contributed by atoms with Crippen LogP contribution >= 0.6 is 0 Å². The highest BCUT2D eigenvalue weighted by Gasteiger charge is 2.33. The number of nitrogens with one attached hydrogen (secondary N) is 1. The lowest BCUT2D eigenvalue weighted by Gasteiger charge is -2.20. The van der Waals surface area contributed by atoms with Gasteiger partial charge in [-0.25, -0.2) is 8.42 Å². The van der Waals surface area contributed by atoms with E-state index in [2.05, 4.69) is 15.3 Å². The van der Waals surface area contributed by atoms with Crippen LogP contribution < -0.4 is 10.7 Å². The smallest absolute Gasteiger partial charge is 0.348 e. The van der Waals surface area contributed by atoms with E-state index in [1.807, 2.05) is 13.8 Å². The van der Waals surface area contributed by atoms with Crippen molar-refractivity contribution in [2.45, 2.75) is 44.4 Å². The largest absolute Gasteiger partial charge is 0.433 e. The third-order valence-corrected chi connectivity index (χ3v) is 6.38. The Balaban J connectivity index is 2.01. The van der Waals surface area contributed by atoms with Gasteiger partial charge in [-0.2, -0.15) is 13.2 Å². The van der Waals surface area contributed by atoms with Crippen LogP contribution in [0.1, 0.15) is 47.3 Å². The van der Waals surface area contributed by atoms with Crippen LogP contribution in [0.4, 0.5) is 13.2 Å². The monoisotopic (exact) mass is 508 g/mol. The van der Waals surface area contributed by atoms with E-state index < -0.39 is 33.0 Å². The molecule has 0 atom stereocenters. The Morgan fingerprint density at radius 2 is 1.86 bits per heavy atom. The predicted molar refractivity (Wildman–Crippen MR) is 123 cm³/mol. The fraction of sp³-hybridized carbons (Fsp3) is 0.304. The maximum Gasteiger partial charge on any atom is 0.433 e. The second-order valence-electron chi connectivity index (χ2n) is 8.20. The van der Waals surface area contributed by atoms with E-state index >= 15 is 0 Å². The van der Waals surface area contributed by atoms with Gasteiger partial charge in [0, 0.05) is 42.1 Å². The molecular weight excluding hydrogens is 485 g/mol. The van der Waals surface area contributed by atoms with Crippen LogP contribution in [0.3, 0.4) is 0 Å². The molecule has 0 saturated carbocycles. The van der Waals surface area contributed by atoms with Crippen molar-refractivity contribution in [3.8, 4) is 11.1 Å². The average Bonchev–Trinajstić information content (AvgIpc) is 2.76. The van der Waals surface area contributed by atoms with Crippen molar-refractivity contribution < 1.29 is 26.4 Å². The number of hydrogen-bond donors (Lipinski definition) is 1. The lowest BCUT2D eigenvalue weighted by Crippen LogP contribution is -2.31. The van der Waals surface area contributed by atoms with Crippen molar-refractivity contribution in [1.82, 2.24) is 19.9 Å².